The molecule has 3 rings (SSSR count). The molecule has 2 aromatic carbocycles. The van der Waals surface area contributed by atoms with Gasteiger partial charge in [0.25, 0.3) is 5.56 Å². The minimum Gasteiger partial charge on any atom is -0.493 e. The first-order chi connectivity index (χ1) is 17.0. The van der Waals surface area contributed by atoms with Gasteiger partial charge in [-0.2, -0.15) is 0 Å². The maximum atomic E-state index is 12.4. The summed E-state index contributed by atoms with van der Waals surface area (Å²) < 4.78 is 16.1. The molecule has 2 N–H and O–H groups in total. The average Bonchev–Trinajstić information content (AvgIpc) is 2.88. The maximum absolute atomic E-state index is 12.4. The molecular weight excluding hydrogens is 448 g/mol. The van der Waals surface area contributed by atoms with E-state index in [2.05, 4.69) is 27.1 Å². The third-order valence-corrected chi connectivity index (χ3v) is 5.26. The number of rotatable bonds is 13. The zero-order valence-electron chi connectivity index (χ0n) is 20.0. The van der Waals surface area contributed by atoms with Crippen molar-refractivity contribution in [2.45, 2.75) is 25.7 Å². The Kier molecular flexibility index (Phi) is 9.41. The highest BCUT2D eigenvalue weighted by molar-refractivity contribution is 5.76. The second-order valence-electron chi connectivity index (χ2n) is 7.69. The van der Waals surface area contributed by atoms with Gasteiger partial charge < -0.3 is 24.5 Å². The number of ether oxygens (including phenoxy) is 3. The lowest BCUT2D eigenvalue weighted by atomic mass is 10.1. The Morgan fingerprint density at radius 3 is 2.51 bits per heavy atom. The summed E-state index contributed by atoms with van der Waals surface area (Å²) in [6.45, 7) is 4.67. The van der Waals surface area contributed by atoms with Crippen molar-refractivity contribution in [2.75, 3.05) is 27.4 Å². The molecule has 9 nitrogen and oxygen atoms in total. The fourth-order valence-corrected chi connectivity index (χ4v) is 3.33. The Morgan fingerprint density at radius 2 is 1.83 bits per heavy atom. The Bertz CT molecular complexity index is 1190. The molecule has 0 saturated carbocycles. The number of amides is 1. The Labute approximate surface area is 204 Å². The number of methoxy groups -OCH3 is 2. The second-order valence-corrected chi connectivity index (χ2v) is 7.69. The summed E-state index contributed by atoms with van der Waals surface area (Å²) in [5, 5.41) is 11.0. The molecule has 184 valence electrons. The zero-order chi connectivity index (χ0) is 25.0. The van der Waals surface area contributed by atoms with Gasteiger partial charge in [0.15, 0.2) is 17.3 Å². The SMILES string of the molecule is C=CCCOc1ccc(-c2nnc(CCC(=O)NCCc3ccc(OC)c(OC)c3)c(=O)[nH]2)cc1. The van der Waals surface area contributed by atoms with Crippen LogP contribution in [0.3, 0.4) is 0 Å². The van der Waals surface area contributed by atoms with Gasteiger partial charge >= 0.3 is 0 Å². The number of H-pyrrole nitrogens is 1. The Hall–Kier alpha value is -4.14. The van der Waals surface area contributed by atoms with Crippen LogP contribution >= 0.6 is 0 Å². The van der Waals surface area contributed by atoms with Crippen LogP contribution in [0, 0.1) is 0 Å². The van der Waals surface area contributed by atoms with Gasteiger partial charge in [-0.15, -0.1) is 16.8 Å². The number of nitrogens with zero attached hydrogens (tertiary/aromatic N) is 2. The summed E-state index contributed by atoms with van der Waals surface area (Å²) in [6, 6.07) is 12.8. The smallest absolute Gasteiger partial charge is 0.273 e. The van der Waals surface area contributed by atoms with Crippen LogP contribution in [0.15, 0.2) is 59.9 Å². The second kappa shape index (κ2) is 12.9. The lowest BCUT2D eigenvalue weighted by molar-refractivity contribution is -0.121. The number of hydrogen-bond donors (Lipinski definition) is 2. The topological polar surface area (TPSA) is 115 Å². The van der Waals surface area contributed by atoms with Crippen molar-refractivity contribution in [3.63, 3.8) is 0 Å². The minimum absolute atomic E-state index is 0.139. The first-order valence-electron chi connectivity index (χ1n) is 11.3. The van der Waals surface area contributed by atoms with Crippen LogP contribution in [0.5, 0.6) is 17.2 Å². The lowest BCUT2D eigenvalue weighted by Crippen LogP contribution is -2.27. The van der Waals surface area contributed by atoms with Crippen molar-refractivity contribution >= 4 is 5.91 Å². The van der Waals surface area contributed by atoms with E-state index in [0.717, 1.165) is 17.7 Å². The van der Waals surface area contributed by atoms with Gasteiger partial charge in [0.05, 0.1) is 20.8 Å². The molecule has 0 fully saturated rings. The van der Waals surface area contributed by atoms with Crippen LogP contribution in [-0.4, -0.2) is 48.5 Å². The van der Waals surface area contributed by atoms with E-state index in [-0.39, 0.29) is 30.0 Å². The summed E-state index contributed by atoms with van der Waals surface area (Å²) in [7, 11) is 3.16. The normalized spacial score (nSPS) is 10.5. The first kappa shape index (κ1) is 25.5. The number of aromatic nitrogens is 3. The molecule has 0 unspecified atom stereocenters. The number of aryl methyl sites for hydroxylation is 1. The van der Waals surface area contributed by atoms with Gasteiger partial charge in [-0.25, -0.2) is 0 Å². The summed E-state index contributed by atoms with van der Waals surface area (Å²) in [6.07, 6.45) is 3.53. The van der Waals surface area contributed by atoms with Gasteiger partial charge in [0.2, 0.25) is 5.91 Å². The molecule has 1 aromatic heterocycles. The van der Waals surface area contributed by atoms with Gasteiger partial charge in [0.1, 0.15) is 11.4 Å². The molecular formula is C26H30N4O5. The highest BCUT2D eigenvalue weighted by Gasteiger charge is 2.10. The van der Waals surface area contributed by atoms with E-state index in [9.17, 15) is 9.59 Å². The summed E-state index contributed by atoms with van der Waals surface area (Å²) in [5.74, 6) is 2.21. The molecule has 1 heterocycles. The molecule has 0 spiro atoms. The van der Waals surface area contributed by atoms with E-state index in [1.54, 1.807) is 44.6 Å². The molecule has 0 atom stereocenters. The van der Waals surface area contributed by atoms with Gasteiger partial charge in [-0.1, -0.05) is 12.1 Å². The van der Waals surface area contributed by atoms with Crippen LogP contribution in [0.25, 0.3) is 11.4 Å². The first-order valence-corrected chi connectivity index (χ1v) is 11.3. The molecule has 3 aromatic rings. The summed E-state index contributed by atoms with van der Waals surface area (Å²) >= 11 is 0. The van der Waals surface area contributed by atoms with Crippen LogP contribution in [-0.2, 0) is 17.6 Å². The summed E-state index contributed by atoms with van der Waals surface area (Å²) in [5.41, 5.74) is 1.58. The van der Waals surface area contributed by atoms with Gasteiger partial charge in [0, 0.05) is 24.9 Å². The van der Waals surface area contributed by atoms with Gasteiger partial charge in [-0.3, -0.25) is 9.59 Å². The van der Waals surface area contributed by atoms with Crippen LogP contribution in [0.2, 0.25) is 0 Å². The monoisotopic (exact) mass is 478 g/mol. The van der Waals surface area contributed by atoms with Crippen molar-refractivity contribution in [3.8, 4) is 28.6 Å². The fourth-order valence-electron chi connectivity index (χ4n) is 3.33. The molecule has 9 heteroatoms. The average molecular weight is 479 g/mol. The minimum atomic E-state index is -0.362. The standard InChI is InChI=1S/C26H30N4O5/c1-4-5-16-35-20-9-7-19(8-10-20)25-28-26(32)21(29-30-25)11-13-24(31)27-15-14-18-6-12-22(33-2)23(17-18)34-3/h4,6-10,12,17H,1,5,11,13-16H2,2-3H3,(H,27,31)(H,28,30,32). The predicted octanol–water partition coefficient (Wildman–Crippen LogP) is 3.10. The van der Waals surface area contributed by atoms with E-state index < -0.39 is 0 Å². The molecule has 1 amide bonds. The summed E-state index contributed by atoms with van der Waals surface area (Å²) in [4.78, 5) is 27.4. The number of hydrogen-bond acceptors (Lipinski definition) is 7. The molecule has 35 heavy (non-hydrogen) atoms. The third-order valence-electron chi connectivity index (χ3n) is 5.26. The van der Waals surface area contributed by atoms with E-state index in [4.69, 9.17) is 14.2 Å². The van der Waals surface area contributed by atoms with Gasteiger partial charge in [-0.05, 0) is 54.8 Å². The van der Waals surface area contributed by atoms with Crippen molar-refractivity contribution in [1.82, 2.24) is 20.5 Å². The molecule has 0 bridgehead atoms. The van der Waals surface area contributed by atoms with E-state index >= 15 is 0 Å². The molecule has 0 aliphatic carbocycles. The number of aromatic amines is 1. The van der Waals surface area contributed by atoms with E-state index in [1.165, 1.54) is 0 Å². The fraction of sp³-hybridized carbons (Fsp3) is 0.308. The highest BCUT2D eigenvalue weighted by atomic mass is 16.5. The number of carbonyl (C=O) groups excluding carboxylic acids is 1. The number of benzene rings is 2. The lowest BCUT2D eigenvalue weighted by Gasteiger charge is -2.10. The van der Waals surface area contributed by atoms with Crippen molar-refractivity contribution in [3.05, 3.63) is 76.7 Å². The molecule has 0 saturated heterocycles. The number of nitrogens with one attached hydrogen (secondary N) is 2. The largest absolute Gasteiger partial charge is 0.493 e. The predicted molar refractivity (Wildman–Crippen MR) is 133 cm³/mol. The molecule has 0 aliphatic heterocycles. The number of carbonyl (C=O) groups is 1. The Balaban J connectivity index is 1.48. The third kappa shape index (κ3) is 7.43. The zero-order valence-corrected chi connectivity index (χ0v) is 20.0. The van der Waals surface area contributed by atoms with Crippen molar-refractivity contribution < 1.29 is 19.0 Å². The van der Waals surface area contributed by atoms with Crippen molar-refractivity contribution in [1.29, 1.82) is 0 Å². The Morgan fingerprint density at radius 1 is 1.06 bits per heavy atom. The molecule has 0 radical (unpaired) electrons. The van der Waals surface area contributed by atoms with Crippen LogP contribution in [0.4, 0.5) is 0 Å². The maximum Gasteiger partial charge on any atom is 0.273 e. The van der Waals surface area contributed by atoms with Crippen LogP contribution < -0.4 is 25.1 Å². The van der Waals surface area contributed by atoms with Crippen LogP contribution in [0.1, 0.15) is 24.1 Å². The van der Waals surface area contributed by atoms with Crippen molar-refractivity contribution in [2.24, 2.45) is 0 Å². The highest BCUT2D eigenvalue weighted by Crippen LogP contribution is 2.27. The molecule has 0 aliphatic rings. The quantitative estimate of drug-likeness (QED) is 0.286. The van der Waals surface area contributed by atoms with E-state index in [0.29, 0.717) is 42.5 Å². The van der Waals surface area contributed by atoms with E-state index in [1.807, 2.05) is 18.2 Å².